The van der Waals surface area contributed by atoms with Gasteiger partial charge in [0.15, 0.2) is 0 Å². The Balaban J connectivity index is 1.95. The highest BCUT2D eigenvalue weighted by atomic mass is 127. The summed E-state index contributed by atoms with van der Waals surface area (Å²) in [5.41, 5.74) is 3.52. The average Bonchev–Trinajstić information content (AvgIpc) is 2.43. The van der Waals surface area contributed by atoms with Gasteiger partial charge >= 0.3 is 0 Å². The summed E-state index contributed by atoms with van der Waals surface area (Å²) in [6.07, 6.45) is 1.47. The normalized spacial score (nSPS) is 14.4. The fourth-order valence-electron chi connectivity index (χ4n) is 2.47. The summed E-state index contributed by atoms with van der Waals surface area (Å²) < 4.78 is 1.23. The van der Waals surface area contributed by atoms with Crippen molar-refractivity contribution in [2.24, 2.45) is 0 Å². The molecule has 19 heavy (non-hydrogen) atoms. The molecule has 96 valence electrons. The Morgan fingerprint density at radius 3 is 2.63 bits per heavy atom. The summed E-state index contributed by atoms with van der Waals surface area (Å²) in [5.74, 6) is 0.220. The molecule has 1 heterocycles. The Bertz CT molecular complexity index is 609. The van der Waals surface area contributed by atoms with Gasteiger partial charge in [0.05, 0.1) is 6.54 Å². The topological polar surface area (TPSA) is 20.3 Å². The van der Waals surface area contributed by atoms with Crippen LogP contribution in [0.25, 0.3) is 0 Å². The molecule has 0 saturated heterocycles. The second-order valence-electron chi connectivity index (χ2n) is 4.74. The van der Waals surface area contributed by atoms with Crippen LogP contribution in [0.2, 0.25) is 0 Å². The van der Waals surface area contributed by atoms with Crippen molar-refractivity contribution in [1.29, 1.82) is 0 Å². The molecule has 1 aliphatic rings. The zero-order chi connectivity index (χ0) is 13.2. The minimum absolute atomic E-state index is 0.220. The molecule has 2 aromatic rings. The molecular weight excluding hydrogens is 349 g/mol. The third-order valence-corrected chi connectivity index (χ3v) is 4.10. The van der Waals surface area contributed by atoms with E-state index in [-0.39, 0.29) is 5.91 Å². The van der Waals surface area contributed by atoms with Gasteiger partial charge in [-0.3, -0.25) is 4.79 Å². The van der Waals surface area contributed by atoms with Gasteiger partial charge in [-0.15, -0.1) is 0 Å². The van der Waals surface area contributed by atoms with Crippen molar-refractivity contribution in [2.75, 3.05) is 4.90 Å². The van der Waals surface area contributed by atoms with Crippen LogP contribution in [0.5, 0.6) is 0 Å². The van der Waals surface area contributed by atoms with E-state index in [2.05, 4.69) is 52.9 Å². The van der Waals surface area contributed by atoms with E-state index in [1.807, 2.05) is 23.1 Å². The number of fused-ring (bicyclic) bond motifs is 1. The molecule has 2 aromatic carbocycles. The summed E-state index contributed by atoms with van der Waals surface area (Å²) in [5, 5.41) is 0. The van der Waals surface area contributed by atoms with Crippen molar-refractivity contribution in [2.45, 2.75) is 19.4 Å². The first-order valence-electron chi connectivity index (χ1n) is 6.37. The number of benzene rings is 2. The summed E-state index contributed by atoms with van der Waals surface area (Å²) in [7, 11) is 0. The highest BCUT2D eigenvalue weighted by molar-refractivity contribution is 14.1. The molecule has 0 saturated carbocycles. The Labute approximate surface area is 126 Å². The molecule has 0 N–H and O–H groups in total. The second kappa shape index (κ2) is 5.33. The van der Waals surface area contributed by atoms with E-state index < -0.39 is 0 Å². The summed E-state index contributed by atoms with van der Waals surface area (Å²) in [6, 6.07) is 16.5. The monoisotopic (exact) mass is 363 g/mol. The first kappa shape index (κ1) is 12.7. The van der Waals surface area contributed by atoms with E-state index in [1.165, 1.54) is 14.7 Å². The van der Waals surface area contributed by atoms with Crippen LogP contribution in [0.3, 0.4) is 0 Å². The standard InChI is InChI=1S/C16H14INO/c17-14-7-8-15-13(10-14)6-9-16(19)18(15)11-12-4-2-1-3-5-12/h1-5,7-8,10H,6,9,11H2. The predicted molar refractivity (Wildman–Crippen MR) is 85.1 cm³/mol. The Kier molecular flexibility index (Phi) is 3.55. The van der Waals surface area contributed by atoms with Crippen molar-refractivity contribution in [3.63, 3.8) is 0 Å². The average molecular weight is 363 g/mol. The molecule has 3 rings (SSSR count). The fourth-order valence-corrected chi connectivity index (χ4v) is 3.02. The molecule has 0 aromatic heterocycles. The van der Waals surface area contributed by atoms with E-state index in [9.17, 15) is 4.79 Å². The number of aryl methyl sites for hydroxylation is 1. The maximum absolute atomic E-state index is 12.2. The molecule has 0 bridgehead atoms. The van der Waals surface area contributed by atoms with Crippen molar-refractivity contribution >= 4 is 34.2 Å². The Morgan fingerprint density at radius 2 is 1.84 bits per heavy atom. The summed E-state index contributed by atoms with van der Waals surface area (Å²) in [6.45, 7) is 0.660. The van der Waals surface area contributed by atoms with E-state index >= 15 is 0 Å². The lowest BCUT2D eigenvalue weighted by atomic mass is 10.0. The summed E-state index contributed by atoms with van der Waals surface area (Å²) in [4.78, 5) is 14.1. The van der Waals surface area contributed by atoms with Gasteiger partial charge in [0, 0.05) is 15.7 Å². The van der Waals surface area contributed by atoms with Gasteiger partial charge in [0.1, 0.15) is 0 Å². The maximum atomic E-state index is 12.2. The maximum Gasteiger partial charge on any atom is 0.227 e. The number of anilines is 1. The molecule has 0 unspecified atom stereocenters. The van der Waals surface area contributed by atoms with Gasteiger partial charge in [-0.2, -0.15) is 0 Å². The van der Waals surface area contributed by atoms with Gasteiger partial charge in [0.25, 0.3) is 0 Å². The van der Waals surface area contributed by atoms with Crippen molar-refractivity contribution in [1.82, 2.24) is 0 Å². The molecule has 0 spiro atoms. The van der Waals surface area contributed by atoms with Crippen LogP contribution in [0.4, 0.5) is 5.69 Å². The minimum Gasteiger partial charge on any atom is -0.308 e. The second-order valence-corrected chi connectivity index (χ2v) is 5.98. The first-order valence-corrected chi connectivity index (χ1v) is 7.44. The van der Waals surface area contributed by atoms with Crippen LogP contribution in [-0.2, 0) is 17.8 Å². The van der Waals surface area contributed by atoms with Crippen molar-refractivity contribution in [3.8, 4) is 0 Å². The number of hydrogen-bond acceptors (Lipinski definition) is 1. The number of carbonyl (C=O) groups is 1. The van der Waals surface area contributed by atoms with Crippen LogP contribution in [0, 0.1) is 3.57 Å². The number of nitrogens with zero attached hydrogens (tertiary/aromatic N) is 1. The molecular formula is C16H14INO. The lowest BCUT2D eigenvalue weighted by Gasteiger charge is -2.29. The third-order valence-electron chi connectivity index (χ3n) is 3.43. The van der Waals surface area contributed by atoms with E-state index in [0.717, 1.165) is 12.1 Å². The number of halogens is 1. The largest absolute Gasteiger partial charge is 0.308 e. The number of rotatable bonds is 2. The molecule has 0 radical (unpaired) electrons. The quantitative estimate of drug-likeness (QED) is 0.744. The number of amides is 1. The molecule has 3 heteroatoms. The van der Waals surface area contributed by atoms with Gasteiger partial charge in [-0.25, -0.2) is 0 Å². The third kappa shape index (κ3) is 2.66. The Morgan fingerprint density at radius 1 is 1.05 bits per heavy atom. The zero-order valence-corrected chi connectivity index (χ0v) is 12.6. The van der Waals surface area contributed by atoms with E-state index in [0.29, 0.717) is 13.0 Å². The number of hydrogen-bond donors (Lipinski definition) is 0. The SMILES string of the molecule is O=C1CCc2cc(I)ccc2N1Cc1ccccc1. The van der Waals surface area contributed by atoms with Crippen LogP contribution in [0.15, 0.2) is 48.5 Å². The molecule has 0 fully saturated rings. The van der Waals surface area contributed by atoms with Gasteiger partial charge in [-0.05, 0) is 58.3 Å². The molecule has 0 atom stereocenters. The predicted octanol–water partition coefficient (Wildman–Crippen LogP) is 3.77. The zero-order valence-electron chi connectivity index (χ0n) is 10.5. The highest BCUT2D eigenvalue weighted by Gasteiger charge is 2.24. The Hall–Kier alpha value is -1.36. The molecule has 2 nitrogen and oxygen atoms in total. The summed E-state index contributed by atoms with van der Waals surface area (Å²) >= 11 is 2.32. The van der Waals surface area contributed by atoms with Crippen LogP contribution < -0.4 is 4.90 Å². The highest BCUT2D eigenvalue weighted by Crippen LogP contribution is 2.30. The van der Waals surface area contributed by atoms with E-state index in [4.69, 9.17) is 0 Å². The van der Waals surface area contributed by atoms with Crippen LogP contribution in [0.1, 0.15) is 17.5 Å². The minimum atomic E-state index is 0.220. The number of carbonyl (C=O) groups excluding carboxylic acids is 1. The fraction of sp³-hybridized carbons (Fsp3) is 0.188. The van der Waals surface area contributed by atoms with Crippen molar-refractivity contribution in [3.05, 3.63) is 63.2 Å². The van der Waals surface area contributed by atoms with Crippen LogP contribution in [-0.4, -0.2) is 5.91 Å². The van der Waals surface area contributed by atoms with Gasteiger partial charge < -0.3 is 4.90 Å². The lowest BCUT2D eigenvalue weighted by Crippen LogP contribution is -2.34. The lowest BCUT2D eigenvalue weighted by molar-refractivity contribution is -0.119. The van der Waals surface area contributed by atoms with Crippen molar-refractivity contribution < 1.29 is 4.79 Å². The van der Waals surface area contributed by atoms with E-state index in [1.54, 1.807) is 0 Å². The first-order chi connectivity index (χ1) is 9.24. The molecule has 0 aliphatic carbocycles. The van der Waals surface area contributed by atoms with Crippen LogP contribution >= 0.6 is 22.6 Å². The van der Waals surface area contributed by atoms with Gasteiger partial charge in [0.2, 0.25) is 5.91 Å². The smallest absolute Gasteiger partial charge is 0.227 e. The molecule has 1 aliphatic heterocycles. The molecule has 1 amide bonds. The van der Waals surface area contributed by atoms with Gasteiger partial charge in [-0.1, -0.05) is 30.3 Å².